The molecular formula is C19H28ClN3O2S. The fraction of sp³-hybridized carbons (Fsp3) is 0.526. The van der Waals surface area contributed by atoms with Gasteiger partial charge < -0.3 is 9.73 Å². The van der Waals surface area contributed by atoms with E-state index in [0.29, 0.717) is 13.1 Å². The lowest BCUT2D eigenvalue weighted by Gasteiger charge is -2.28. The van der Waals surface area contributed by atoms with E-state index in [1.807, 2.05) is 24.3 Å². The van der Waals surface area contributed by atoms with Crippen LogP contribution in [0.15, 0.2) is 34.9 Å². The number of hydrogen-bond acceptors (Lipinski definition) is 5. The molecule has 0 aliphatic heterocycles. The molecule has 0 radical (unpaired) electrons. The fourth-order valence-electron chi connectivity index (χ4n) is 2.96. The van der Waals surface area contributed by atoms with Crippen LogP contribution in [-0.4, -0.2) is 48.4 Å². The Bertz CT molecular complexity index is 656. The number of hydrogen-bond donors (Lipinski definition) is 1. The van der Waals surface area contributed by atoms with E-state index >= 15 is 0 Å². The fourth-order valence-corrected chi connectivity index (χ4v) is 4.09. The van der Waals surface area contributed by atoms with Crippen LogP contribution in [0, 0.1) is 0 Å². The molecule has 1 atom stereocenters. The summed E-state index contributed by atoms with van der Waals surface area (Å²) in [6.07, 6.45) is 1.68. The highest BCUT2D eigenvalue weighted by molar-refractivity contribution is 7.16. The summed E-state index contributed by atoms with van der Waals surface area (Å²) in [5.41, 5.74) is 0. The molecule has 5 nitrogen and oxygen atoms in total. The third-order valence-corrected chi connectivity index (χ3v) is 5.66. The Labute approximate surface area is 164 Å². The zero-order valence-electron chi connectivity index (χ0n) is 15.7. The van der Waals surface area contributed by atoms with Gasteiger partial charge in [-0.05, 0) is 43.9 Å². The molecule has 0 fully saturated rings. The zero-order chi connectivity index (χ0) is 18.9. The lowest BCUT2D eigenvalue weighted by molar-refractivity contribution is -0.122. The van der Waals surface area contributed by atoms with E-state index in [4.69, 9.17) is 16.0 Å². The Hall–Kier alpha value is -1.34. The monoisotopic (exact) mass is 397 g/mol. The number of likely N-dealkylation sites (N-methyl/N-ethyl adjacent to an activating group) is 2. The predicted octanol–water partition coefficient (Wildman–Crippen LogP) is 4.02. The molecule has 26 heavy (non-hydrogen) atoms. The van der Waals surface area contributed by atoms with Crippen LogP contribution in [0.25, 0.3) is 0 Å². The van der Waals surface area contributed by atoms with Gasteiger partial charge in [0.15, 0.2) is 0 Å². The van der Waals surface area contributed by atoms with Crippen LogP contribution in [0.1, 0.15) is 37.5 Å². The molecule has 2 rings (SSSR count). The van der Waals surface area contributed by atoms with Gasteiger partial charge in [-0.15, -0.1) is 11.3 Å². The van der Waals surface area contributed by atoms with Crippen LogP contribution in [-0.2, 0) is 11.3 Å². The second kappa shape index (κ2) is 10.7. The first-order valence-electron chi connectivity index (χ1n) is 9.08. The Morgan fingerprint density at radius 1 is 1.23 bits per heavy atom. The van der Waals surface area contributed by atoms with E-state index in [1.54, 1.807) is 17.6 Å². The third kappa shape index (κ3) is 6.13. The van der Waals surface area contributed by atoms with Gasteiger partial charge in [-0.3, -0.25) is 14.6 Å². The maximum atomic E-state index is 12.5. The number of carbonyl (C=O) groups excluding carboxylic acids is 1. The highest BCUT2D eigenvalue weighted by Gasteiger charge is 2.21. The van der Waals surface area contributed by atoms with Crippen LogP contribution in [0.3, 0.4) is 0 Å². The molecule has 0 spiro atoms. The van der Waals surface area contributed by atoms with Gasteiger partial charge >= 0.3 is 0 Å². The van der Waals surface area contributed by atoms with E-state index in [2.05, 4.69) is 35.9 Å². The van der Waals surface area contributed by atoms with Crippen molar-refractivity contribution in [2.75, 3.05) is 32.7 Å². The minimum absolute atomic E-state index is 0.0261. The van der Waals surface area contributed by atoms with Crippen LogP contribution in [0.2, 0.25) is 4.34 Å². The zero-order valence-corrected chi connectivity index (χ0v) is 17.3. The first-order chi connectivity index (χ1) is 12.6. The highest BCUT2D eigenvalue weighted by atomic mass is 35.5. The number of halogens is 1. The van der Waals surface area contributed by atoms with Crippen molar-refractivity contribution < 1.29 is 9.21 Å². The minimum atomic E-state index is 0.0261. The summed E-state index contributed by atoms with van der Waals surface area (Å²) in [5, 5.41) is 3.07. The smallest absolute Gasteiger partial charge is 0.234 e. The van der Waals surface area contributed by atoms with Crippen LogP contribution in [0.5, 0.6) is 0 Å². The molecule has 0 aliphatic carbocycles. The van der Waals surface area contributed by atoms with Crippen molar-refractivity contribution in [3.8, 4) is 0 Å². The number of rotatable bonds is 11. The van der Waals surface area contributed by atoms with E-state index in [1.165, 1.54) is 4.88 Å². The quantitative estimate of drug-likeness (QED) is 0.622. The molecule has 2 heterocycles. The highest BCUT2D eigenvalue weighted by Crippen LogP contribution is 2.23. The van der Waals surface area contributed by atoms with Gasteiger partial charge in [-0.1, -0.05) is 32.4 Å². The Morgan fingerprint density at radius 3 is 2.54 bits per heavy atom. The number of amides is 1. The topological polar surface area (TPSA) is 48.7 Å². The van der Waals surface area contributed by atoms with Crippen LogP contribution >= 0.6 is 22.9 Å². The average molecular weight is 398 g/mol. The summed E-state index contributed by atoms with van der Waals surface area (Å²) in [4.78, 5) is 18.0. The molecule has 2 aromatic rings. The van der Waals surface area contributed by atoms with Crippen LogP contribution < -0.4 is 5.32 Å². The summed E-state index contributed by atoms with van der Waals surface area (Å²) < 4.78 is 6.36. The number of furan rings is 1. The van der Waals surface area contributed by atoms with Gasteiger partial charge in [0.05, 0.1) is 23.2 Å². The molecule has 2 aromatic heterocycles. The lowest BCUT2D eigenvalue weighted by Crippen LogP contribution is -2.42. The summed E-state index contributed by atoms with van der Waals surface area (Å²) in [7, 11) is 0. The maximum absolute atomic E-state index is 12.5. The number of thiophene rings is 1. The first-order valence-corrected chi connectivity index (χ1v) is 10.3. The van der Waals surface area contributed by atoms with E-state index < -0.39 is 0 Å². The van der Waals surface area contributed by atoms with Crippen molar-refractivity contribution in [2.45, 2.75) is 33.4 Å². The SMILES string of the molecule is CCN(CC(=O)NCC(c1ccco1)N(CC)CC)Cc1ccc(Cl)s1. The average Bonchev–Trinajstić information content (AvgIpc) is 3.30. The number of carbonyl (C=O) groups is 1. The van der Waals surface area contributed by atoms with E-state index in [0.717, 1.165) is 36.3 Å². The molecule has 0 saturated carbocycles. The Kier molecular flexibility index (Phi) is 8.65. The predicted molar refractivity (Wildman–Crippen MR) is 108 cm³/mol. The largest absolute Gasteiger partial charge is 0.468 e. The second-order valence-corrected chi connectivity index (χ2v) is 7.87. The lowest BCUT2D eigenvalue weighted by atomic mass is 10.2. The molecule has 7 heteroatoms. The van der Waals surface area contributed by atoms with Crippen LogP contribution in [0.4, 0.5) is 0 Å². The molecule has 1 amide bonds. The maximum Gasteiger partial charge on any atom is 0.234 e. The van der Waals surface area contributed by atoms with Crippen molar-refractivity contribution in [2.24, 2.45) is 0 Å². The third-order valence-electron chi connectivity index (χ3n) is 4.44. The molecule has 0 aromatic carbocycles. The minimum Gasteiger partial charge on any atom is -0.468 e. The molecule has 1 unspecified atom stereocenters. The van der Waals surface area contributed by atoms with Crippen molar-refractivity contribution in [3.63, 3.8) is 0 Å². The van der Waals surface area contributed by atoms with Gasteiger partial charge in [-0.25, -0.2) is 0 Å². The molecule has 0 aliphatic rings. The van der Waals surface area contributed by atoms with E-state index in [-0.39, 0.29) is 11.9 Å². The summed E-state index contributed by atoms with van der Waals surface area (Å²) in [6, 6.07) is 7.82. The number of nitrogens with one attached hydrogen (secondary N) is 1. The first kappa shape index (κ1) is 21.0. The molecular weight excluding hydrogens is 370 g/mol. The van der Waals surface area contributed by atoms with Crippen molar-refractivity contribution in [1.82, 2.24) is 15.1 Å². The molecule has 1 N–H and O–H groups in total. The van der Waals surface area contributed by atoms with Crippen molar-refractivity contribution in [3.05, 3.63) is 45.5 Å². The standard InChI is InChI=1S/C19H28ClN3O2S/c1-4-22(13-15-9-10-18(20)26-15)14-19(24)21-12-16(23(5-2)6-3)17-8-7-11-25-17/h7-11,16H,4-6,12-14H2,1-3H3,(H,21,24). The van der Waals surface area contributed by atoms with Gasteiger partial charge in [-0.2, -0.15) is 0 Å². The van der Waals surface area contributed by atoms with Gasteiger partial charge in [0.1, 0.15) is 5.76 Å². The van der Waals surface area contributed by atoms with Crippen molar-refractivity contribution >= 4 is 28.8 Å². The molecule has 0 saturated heterocycles. The second-order valence-electron chi connectivity index (χ2n) is 6.07. The van der Waals surface area contributed by atoms with Gasteiger partial charge in [0, 0.05) is 18.0 Å². The Balaban J connectivity index is 1.90. The molecule has 144 valence electrons. The summed E-state index contributed by atoms with van der Waals surface area (Å²) in [6.45, 7) is 10.5. The summed E-state index contributed by atoms with van der Waals surface area (Å²) in [5.74, 6) is 0.910. The normalized spacial score (nSPS) is 12.7. The number of nitrogens with zero attached hydrogens (tertiary/aromatic N) is 2. The summed E-state index contributed by atoms with van der Waals surface area (Å²) >= 11 is 7.55. The van der Waals surface area contributed by atoms with E-state index in [9.17, 15) is 4.79 Å². The Morgan fingerprint density at radius 2 is 2.00 bits per heavy atom. The van der Waals surface area contributed by atoms with Gasteiger partial charge in [0.2, 0.25) is 5.91 Å². The molecule has 0 bridgehead atoms. The van der Waals surface area contributed by atoms with Crippen molar-refractivity contribution in [1.29, 1.82) is 0 Å². The van der Waals surface area contributed by atoms with Gasteiger partial charge in [0.25, 0.3) is 0 Å².